The van der Waals surface area contributed by atoms with E-state index < -0.39 is 10.7 Å². The van der Waals surface area contributed by atoms with Crippen LogP contribution in [0.25, 0.3) is 10.1 Å². The summed E-state index contributed by atoms with van der Waals surface area (Å²) >= 11 is 6.62. The second kappa shape index (κ2) is 4.35. The van der Waals surface area contributed by atoms with Gasteiger partial charge in [0.25, 0.3) is 4.74 Å². The van der Waals surface area contributed by atoms with E-state index in [0.717, 1.165) is 18.4 Å². The van der Waals surface area contributed by atoms with Crippen molar-refractivity contribution < 1.29 is 14.6 Å². The predicted octanol–water partition coefficient (Wildman–Crippen LogP) is 2.41. The summed E-state index contributed by atoms with van der Waals surface area (Å²) in [6.07, 6.45) is 0. The molecule has 1 N–H and O–H groups in total. The number of ether oxygens (including phenoxy) is 1. The first-order chi connectivity index (χ1) is 8.04. The van der Waals surface area contributed by atoms with E-state index in [9.17, 15) is 14.7 Å². The molecule has 0 aliphatic heterocycles. The molecule has 6 heteroatoms. The molecule has 1 aromatic carbocycles. The van der Waals surface area contributed by atoms with Crippen molar-refractivity contribution in [1.29, 1.82) is 0 Å². The second-order valence-corrected chi connectivity index (χ2v) is 4.70. The maximum Gasteiger partial charge on any atom is 0.346 e. The number of hydrogen-bond acceptors (Lipinski definition) is 5. The lowest BCUT2D eigenvalue weighted by atomic mass is 10.2. The molecule has 0 bridgehead atoms. The van der Waals surface area contributed by atoms with Gasteiger partial charge in [-0.25, -0.2) is 4.79 Å². The molecule has 0 unspecified atom stereocenters. The van der Waals surface area contributed by atoms with Crippen LogP contribution in [0, 0.1) is 0 Å². The van der Waals surface area contributed by atoms with Crippen LogP contribution in [0.5, 0.6) is 5.75 Å². The van der Waals surface area contributed by atoms with Gasteiger partial charge in [-0.15, -0.1) is 0 Å². The SMILES string of the molecule is COC(=O)c1c(O)c2ccc(Cl)cc2sc1=O. The van der Waals surface area contributed by atoms with Crippen LogP contribution in [-0.4, -0.2) is 18.2 Å². The molecule has 0 saturated heterocycles. The van der Waals surface area contributed by atoms with Crippen LogP contribution in [0.4, 0.5) is 0 Å². The lowest BCUT2D eigenvalue weighted by molar-refractivity contribution is 0.0597. The molecule has 0 amide bonds. The number of rotatable bonds is 1. The van der Waals surface area contributed by atoms with Gasteiger partial charge in [-0.2, -0.15) is 0 Å². The molecule has 0 atom stereocenters. The lowest BCUT2D eigenvalue weighted by Gasteiger charge is -2.04. The Labute approximate surface area is 105 Å². The minimum absolute atomic E-state index is 0.340. The minimum atomic E-state index is -0.847. The molecule has 88 valence electrons. The summed E-state index contributed by atoms with van der Waals surface area (Å²) in [5, 5.41) is 10.7. The molecule has 0 fully saturated rings. The van der Waals surface area contributed by atoms with Crippen LogP contribution in [0.3, 0.4) is 0 Å². The van der Waals surface area contributed by atoms with Gasteiger partial charge < -0.3 is 9.84 Å². The summed E-state index contributed by atoms with van der Waals surface area (Å²) < 4.78 is 4.42. The third kappa shape index (κ3) is 1.99. The molecule has 1 heterocycles. The highest BCUT2D eigenvalue weighted by Gasteiger charge is 2.19. The van der Waals surface area contributed by atoms with E-state index >= 15 is 0 Å². The van der Waals surface area contributed by atoms with E-state index in [-0.39, 0.29) is 11.3 Å². The molecule has 0 aliphatic carbocycles. The summed E-state index contributed by atoms with van der Waals surface area (Å²) in [5.74, 6) is -1.21. The highest BCUT2D eigenvalue weighted by molar-refractivity contribution is 7.16. The van der Waals surface area contributed by atoms with Crippen LogP contribution in [0.2, 0.25) is 5.02 Å². The summed E-state index contributed by atoms with van der Waals surface area (Å²) in [4.78, 5) is 23.0. The molecule has 2 rings (SSSR count). The van der Waals surface area contributed by atoms with Crippen molar-refractivity contribution in [3.63, 3.8) is 0 Å². The fourth-order valence-electron chi connectivity index (χ4n) is 1.44. The first-order valence-electron chi connectivity index (χ1n) is 4.58. The van der Waals surface area contributed by atoms with Gasteiger partial charge in [-0.05, 0) is 18.2 Å². The predicted molar refractivity (Wildman–Crippen MR) is 66.1 cm³/mol. The maximum atomic E-state index is 11.7. The number of carbonyl (C=O) groups is 1. The highest BCUT2D eigenvalue weighted by atomic mass is 35.5. The largest absolute Gasteiger partial charge is 0.506 e. The lowest BCUT2D eigenvalue weighted by Crippen LogP contribution is -2.13. The zero-order valence-corrected chi connectivity index (χ0v) is 10.3. The fraction of sp³-hybridized carbons (Fsp3) is 0.0909. The second-order valence-electron chi connectivity index (χ2n) is 3.25. The molecule has 0 saturated carbocycles. The molecular weight excluding hydrogens is 264 g/mol. The third-order valence-electron chi connectivity index (χ3n) is 2.23. The Kier molecular flexibility index (Phi) is 3.04. The number of benzene rings is 1. The average molecular weight is 271 g/mol. The van der Waals surface area contributed by atoms with E-state index in [4.69, 9.17) is 11.6 Å². The van der Waals surface area contributed by atoms with Crippen LogP contribution in [-0.2, 0) is 4.74 Å². The normalized spacial score (nSPS) is 10.5. The average Bonchev–Trinajstić information content (AvgIpc) is 2.28. The summed E-state index contributed by atoms with van der Waals surface area (Å²) in [6.45, 7) is 0. The Morgan fingerprint density at radius 3 is 2.82 bits per heavy atom. The Bertz CT molecular complexity index is 662. The van der Waals surface area contributed by atoms with Gasteiger partial charge in [-0.1, -0.05) is 22.9 Å². The van der Waals surface area contributed by atoms with Crippen LogP contribution < -0.4 is 4.74 Å². The number of hydrogen-bond donors (Lipinski definition) is 1. The van der Waals surface area contributed by atoms with E-state index in [0.29, 0.717) is 15.1 Å². The number of carbonyl (C=O) groups excluding carboxylic acids is 1. The Hall–Kier alpha value is -1.59. The number of fused-ring (bicyclic) bond motifs is 1. The van der Waals surface area contributed by atoms with E-state index in [2.05, 4.69) is 4.74 Å². The van der Waals surface area contributed by atoms with Crippen molar-refractivity contribution in [3.05, 3.63) is 38.3 Å². The first kappa shape index (κ1) is 11.9. The van der Waals surface area contributed by atoms with Gasteiger partial charge in [0, 0.05) is 15.1 Å². The Morgan fingerprint density at radius 2 is 2.18 bits per heavy atom. The number of methoxy groups -OCH3 is 1. The quantitative estimate of drug-likeness (QED) is 0.808. The third-order valence-corrected chi connectivity index (χ3v) is 3.41. The van der Waals surface area contributed by atoms with Crippen molar-refractivity contribution in [2.45, 2.75) is 0 Å². The van der Waals surface area contributed by atoms with Crippen molar-refractivity contribution in [2.24, 2.45) is 0 Å². The monoisotopic (exact) mass is 270 g/mol. The Morgan fingerprint density at radius 1 is 1.47 bits per heavy atom. The van der Waals surface area contributed by atoms with Gasteiger partial charge in [0.15, 0.2) is 5.56 Å². The molecule has 0 radical (unpaired) electrons. The maximum absolute atomic E-state index is 11.7. The number of aromatic hydroxyl groups is 1. The van der Waals surface area contributed by atoms with Gasteiger partial charge in [-0.3, -0.25) is 4.79 Å². The Balaban J connectivity index is 2.85. The van der Waals surface area contributed by atoms with Crippen LogP contribution in [0.1, 0.15) is 10.4 Å². The van der Waals surface area contributed by atoms with Crippen molar-refractivity contribution in [2.75, 3.05) is 7.11 Å². The summed E-state index contributed by atoms with van der Waals surface area (Å²) in [5.41, 5.74) is -0.340. The minimum Gasteiger partial charge on any atom is -0.506 e. The standard InChI is InChI=1S/C11H7ClO4S/c1-16-10(14)8-9(13)6-3-2-5(12)4-7(6)17-11(8)15/h2-4,13H,1H3. The molecule has 0 aliphatic rings. The molecule has 17 heavy (non-hydrogen) atoms. The van der Waals surface area contributed by atoms with Gasteiger partial charge in [0.05, 0.1) is 7.11 Å². The van der Waals surface area contributed by atoms with E-state index in [1.807, 2.05) is 0 Å². The number of esters is 1. The summed E-state index contributed by atoms with van der Waals surface area (Å²) in [7, 11) is 1.15. The van der Waals surface area contributed by atoms with Gasteiger partial charge in [0.2, 0.25) is 0 Å². The molecule has 4 nitrogen and oxygen atoms in total. The van der Waals surface area contributed by atoms with Crippen LogP contribution in [0.15, 0.2) is 23.0 Å². The zero-order chi connectivity index (χ0) is 12.6. The highest BCUT2D eigenvalue weighted by Crippen LogP contribution is 2.30. The molecule has 0 spiro atoms. The summed E-state index contributed by atoms with van der Waals surface area (Å²) in [6, 6.07) is 4.68. The number of halogens is 1. The smallest absolute Gasteiger partial charge is 0.346 e. The molecular formula is C11H7ClO4S. The van der Waals surface area contributed by atoms with E-state index in [1.165, 1.54) is 0 Å². The first-order valence-corrected chi connectivity index (χ1v) is 5.77. The molecule has 1 aromatic heterocycles. The molecule has 2 aromatic rings. The van der Waals surface area contributed by atoms with Crippen molar-refractivity contribution >= 4 is 39.0 Å². The van der Waals surface area contributed by atoms with Gasteiger partial charge in [0.1, 0.15) is 5.75 Å². The zero-order valence-electron chi connectivity index (χ0n) is 8.69. The van der Waals surface area contributed by atoms with Crippen molar-refractivity contribution in [1.82, 2.24) is 0 Å². The van der Waals surface area contributed by atoms with E-state index in [1.54, 1.807) is 18.2 Å². The fourth-order valence-corrected chi connectivity index (χ4v) is 2.62. The topological polar surface area (TPSA) is 63.6 Å². The van der Waals surface area contributed by atoms with Gasteiger partial charge >= 0.3 is 5.97 Å². The van der Waals surface area contributed by atoms with Crippen LogP contribution >= 0.6 is 22.9 Å². The van der Waals surface area contributed by atoms with Crippen molar-refractivity contribution in [3.8, 4) is 5.75 Å².